The summed E-state index contributed by atoms with van der Waals surface area (Å²) in [5.74, 6) is 2.66. The molecule has 0 saturated carbocycles. The molecule has 8 rings (SSSR count). The largest absolute Gasteiger partial charge is 0.457 e. The monoisotopic (exact) mass is 698 g/mol. The standard InChI is InChI=1S/C39H25F3N6O4/c1-24-14-28(18-29(15-24)51-36-6-2-4-12-44-36)49-26-8-10-32-33-11-9-27(21-35(33)48(34(32)20-26)38-46-22-43-23-47-38)50-30-16-25(39(40,41)42)17-31(19-30)52-37-7-3-5-13-45-37/h2-23H,1H3. The second kappa shape index (κ2) is 13.4. The summed E-state index contributed by atoms with van der Waals surface area (Å²) in [4.78, 5) is 21.0. The van der Waals surface area contributed by atoms with Gasteiger partial charge in [-0.1, -0.05) is 12.1 Å². The van der Waals surface area contributed by atoms with Crippen molar-refractivity contribution in [1.82, 2.24) is 29.5 Å². The molecule has 13 heteroatoms. The summed E-state index contributed by atoms with van der Waals surface area (Å²) in [6.07, 6.45) is 1.24. The summed E-state index contributed by atoms with van der Waals surface area (Å²) in [5.41, 5.74) is 1.33. The molecule has 0 spiro atoms. The third-order valence-corrected chi connectivity index (χ3v) is 7.81. The Kier molecular flexibility index (Phi) is 8.27. The number of rotatable bonds is 9. The quantitative estimate of drug-likeness (QED) is 0.146. The van der Waals surface area contributed by atoms with Gasteiger partial charge >= 0.3 is 6.18 Å². The van der Waals surface area contributed by atoms with E-state index in [9.17, 15) is 13.2 Å². The minimum Gasteiger partial charge on any atom is -0.457 e. The molecule has 0 aliphatic carbocycles. The Bertz CT molecular complexity index is 2530. The summed E-state index contributed by atoms with van der Waals surface area (Å²) in [6.45, 7) is 1.94. The van der Waals surface area contributed by atoms with Crippen molar-refractivity contribution >= 4 is 21.8 Å². The van der Waals surface area contributed by atoms with Crippen LogP contribution in [0.4, 0.5) is 13.2 Å². The van der Waals surface area contributed by atoms with Crippen molar-refractivity contribution in [3.05, 3.63) is 145 Å². The molecular weight excluding hydrogens is 673 g/mol. The van der Waals surface area contributed by atoms with E-state index in [0.717, 1.165) is 28.5 Å². The maximum atomic E-state index is 13.9. The number of nitrogens with zero attached hydrogens (tertiary/aromatic N) is 6. The van der Waals surface area contributed by atoms with Crippen molar-refractivity contribution in [3.63, 3.8) is 0 Å². The number of aryl methyl sites for hydroxylation is 1. The first kappa shape index (κ1) is 32.2. The average molecular weight is 699 g/mol. The maximum Gasteiger partial charge on any atom is 0.416 e. The molecule has 0 unspecified atom stereocenters. The normalized spacial score (nSPS) is 11.5. The van der Waals surface area contributed by atoms with E-state index in [1.54, 1.807) is 53.2 Å². The van der Waals surface area contributed by atoms with Gasteiger partial charge in [0.15, 0.2) is 0 Å². The summed E-state index contributed by atoms with van der Waals surface area (Å²) < 4.78 is 67.5. The number of hydrogen-bond donors (Lipinski definition) is 0. The van der Waals surface area contributed by atoms with Gasteiger partial charge in [-0.15, -0.1) is 0 Å². The van der Waals surface area contributed by atoms with Crippen LogP contribution < -0.4 is 18.9 Å². The molecule has 0 N–H and O–H groups in total. The van der Waals surface area contributed by atoms with Crippen molar-refractivity contribution in [2.75, 3.05) is 0 Å². The van der Waals surface area contributed by atoms with Gasteiger partial charge in [0, 0.05) is 59.6 Å². The van der Waals surface area contributed by atoms with E-state index in [-0.39, 0.29) is 23.1 Å². The number of alkyl halides is 3. The second-order valence-electron chi connectivity index (χ2n) is 11.5. The highest BCUT2D eigenvalue weighted by molar-refractivity contribution is 6.09. The summed E-state index contributed by atoms with van der Waals surface area (Å²) >= 11 is 0. The molecule has 0 fully saturated rings. The summed E-state index contributed by atoms with van der Waals surface area (Å²) in [5, 5.41) is 1.67. The molecule has 0 atom stereocenters. The van der Waals surface area contributed by atoms with Gasteiger partial charge in [0.05, 0.1) is 16.6 Å². The molecule has 0 aliphatic rings. The SMILES string of the molecule is Cc1cc(Oc2ccc3c4ccc(Oc5cc(Oc6ccccn6)cc(C(F)(F)F)c5)cc4n(-c4ncncn4)c3c2)cc(Oc2ccccn2)c1. The van der Waals surface area contributed by atoms with E-state index in [2.05, 4.69) is 24.9 Å². The number of benzene rings is 4. The molecule has 0 amide bonds. The fourth-order valence-corrected chi connectivity index (χ4v) is 5.68. The van der Waals surface area contributed by atoms with Crippen LogP contribution in [0.1, 0.15) is 11.1 Å². The number of halogens is 3. The lowest BCUT2D eigenvalue weighted by atomic mass is 10.1. The highest BCUT2D eigenvalue weighted by Gasteiger charge is 2.32. The summed E-state index contributed by atoms with van der Waals surface area (Å²) in [7, 11) is 0. The van der Waals surface area contributed by atoms with Gasteiger partial charge in [0.25, 0.3) is 0 Å². The van der Waals surface area contributed by atoms with Gasteiger partial charge in [0.1, 0.15) is 47.2 Å². The third kappa shape index (κ3) is 6.87. The predicted molar refractivity (Wildman–Crippen MR) is 186 cm³/mol. The van der Waals surface area contributed by atoms with Gasteiger partial charge in [-0.2, -0.15) is 13.2 Å². The third-order valence-electron chi connectivity index (χ3n) is 7.81. The molecule has 0 aliphatic heterocycles. The Morgan fingerprint density at radius 3 is 1.52 bits per heavy atom. The Labute approximate surface area is 293 Å². The van der Waals surface area contributed by atoms with Crippen molar-refractivity contribution in [1.29, 1.82) is 0 Å². The molecule has 4 aromatic heterocycles. The van der Waals surface area contributed by atoms with Gasteiger partial charge in [-0.05, 0) is 73.2 Å². The fourth-order valence-electron chi connectivity index (χ4n) is 5.68. The smallest absolute Gasteiger partial charge is 0.416 e. The van der Waals surface area contributed by atoms with Gasteiger partial charge in [0.2, 0.25) is 17.7 Å². The van der Waals surface area contributed by atoms with Crippen molar-refractivity contribution < 1.29 is 32.1 Å². The molecule has 4 heterocycles. The van der Waals surface area contributed by atoms with E-state index in [1.165, 1.54) is 24.9 Å². The van der Waals surface area contributed by atoms with Crippen molar-refractivity contribution in [3.8, 4) is 52.2 Å². The Hall–Kier alpha value is -7.02. The van der Waals surface area contributed by atoms with Crippen LogP contribution in [0.3, 0.4) is 0 Å². The lowest BCUT2D eigenvalue weighted by molar-refractivity contribution is -0.137. The minimum absolute atomic E-state index is 0.0804. The molecule has 4 aromatic carbocycles. The topological polar surface area (TPSA) is 106 Å². The molecule has 52 heavy (non-hydrogen) atoms. The number of hydrogen-bond acceptors (Lipinski definition) is 9. The number of ether oxygens (including phenoxy) is 4. The van der Waals surface area contributed by atoms with E-state index >= 15 is 0 Å². The van der Waals surface area contributed by atoms with Crippen LogP contribution in [0.5, 0.6) is 46.3 Å². The molecule has 256 valence electrons. The van der Waals surface area contributed by atoms with Crippen molar-refractivity contribution in [2.45, 2.75) is 13.1 Å². The zero-order valence-electron chi connectivity index (χ0n) is 27.2. The highest BCUT2D eigenvalue weighted by atomic mass is 19.4. The highest BCUT2D eigenvalue weighted by Crippen LogP contribution is 2.40. The van der Waals surface area contributed by atoms with Crippen LogP contribution in [0, 0.1) is 6.92 Å². The Morgan fingerprint density at radius 2 is 1.02 bits per heavy atom. The lowest BCUT2D eigenvalue weighted by Crippen LogP contribution is -2.05. The van der Waals surface area contributed by atoms with Gasteiger partial charge in [-0.25, -0.2) is 24.9 Å². The van der Waals surface area contributed by atoms with Crippen LogP contribution in [0.2, 0.25) is 0 Å². The first-order valence-electron chi connectivity index (χ1n) is 15.8. The fraction of sp³-hybridized carbons (Fsp3) is 0.0513. The zero-order valence-corrected chi connectivity index (χ0v) is 27.2. The van der Waals surface area contributed by atoms with Crippen molar-refractivity contribution in [2.24, 2.45) is 0 Å². The van der Waals surface area contributed by atoms with E-state index in [0.29, 0.717) is 40.1 Å². The molecule has 0 saturated heterocycles. The van der Waals surface area contributed by atoms with Crippen LogP contribution in [0.15, 0.2) is 134 Å². The molecule has 10 nitrogen and oxygen atoms in total. The predicted octanol–water partition coefficient (Wildman–Crippen LogP) is 10.3. The Morgan fingerprint density at radius 1 is 0.519 bits per heavy atom. The number of fused-ring (bicyclic) bond motifs is 3. The molecular formula is C39H25F3N6O4. The first-order valence-corrected chi connectivity index (χ1v) is 15.8. The number of pyridine rings is 2. The van der Waals surface area contributed by atoms with Crippen LogP contribution in [-0.2, 0) is 6.18 Å². The van der Waals surface area contributed by atoms with Crippen LogP contribution in [-0.4, -0.2) is 29.5 Å². The average Bonchev–Trinajstić information content (AvgIpc) is 3.45. The van der Waals surface area contributed by atoms with Gasteiger partial charge in [-0.3, -0.25) is 4.57 Å². The second-order valence-corrected chi connectivity index (χ2v) is 11.5. The molecule has 0 radical (unpaired) electrons. The van der Waals surface area contributed by atoms with Crippen LogP contribution >= 0.6 is 0 Å². The number of aromatic nitrogens is 6. The van der Waals surface area contributed by atoms with E-state index in [4.69, 9.17) is 18.9 Å². The zero-order chi connectivity index (χ0) is 35.7. The Balaban J connectivity index is 1.17. The lowest BCUT2D eigenvalue weighted by Gasteiger charge is -2.14. The van der Waals surface area contributed by atoms with Gasteiger partial charge < -0.3 is 18.9 Å². The first-order chi connectivity index (χ1) is 25.2. The van der Waals surface area contributed by atoms with E-state index < -0.39 is 11.7 Å². The van der Waals surface area contributed by atoms with E-state index in [1.807, 2.05) is 55.5 Å². The molecule has 8 aromatic rings. The van der Waals surface area contributed by atoms with Crippen LogP contribution in [0.25, 0.3) is 27.8 Å². The maximum absolute atomic E-state index is 13.9. The minimum atomic E-state index is -4.65. The molecule has 0 bridgehead atoms. The summed E-state index contributed by atoms with van der Waals surface area (Å²) in [6, 6.07) is 29.9.